The first-order valence-electron chi connectivity index (χ1n) is 5.66. The Morgan fingerprint density at radius 1 is 1.27 bits per heavy atom. The Kier molecular flexibility index (Phi) is 4.63. The van der Waals surface area contributed by atoms with Gasteiger partial charge in [0.15, 0.2) is 0 Å². The molecule has 0 unspecified atom stereocenters. The summed E-state index contributed by atoms with van der Waals surface area (Å²) in [6.07, 6.45) is 0.990. The van der Waals surface area contributed by atoms with Gasteiger partial charge in [0, 0.05) is 11.6 Å². The number of hydrogen-bond donors (Lipinski definition) is 2. The predicted molar refractivity (Wildman–Crippen MR) is 64.0 cm³/mol. The summed E-state index contributed by atoms with van der Waals surface area (Å²) in [6.45, 7) is 7.48. The van der Waals surface area contributed by atoms with Gasteiger partial charge in [-0.1, -0.05) is 39.0 Å². The van der Waals surface area contributed by atoms with E-state index >= 15 is 0 Å². The van der Waals surface area contributed by atoms with Gasteiger partial charge in [-0.15, -0.1) is 0 Å². The molecule has 0 heterocycles. The molecule has 0 aliphatic carbocycles. The van der Waals surface area contributed by atoms with E-state index in [1.165, 1.54) is 0 Å². The Hall–Kier alpha value is -1.02. The van der Waals surface area contributed by atoms with Crippen molar-refractivity contribution in [3.63, 3.8) is 0 Å². The summed E-state index contributed by atoms with van der Waals surface area (Å²) in [5.41, 5.74) is 1.00. The fraction of sp³-hybridized carbons (Fsp3) is 0.538. The third-order valence-corrected chi connectivity index (χ3v) is 2.49. The van der Waals surface area contributed by atoms with Crippen molar-refractivity contribution in [3.05, 3.63) is 29.8 Å². The fourth-order valence-corrected chi connectivity index (χ4v) is 1.63. The van der Waals surface area contributed by atoms with Crippen LogP contribution in [0.15, 0.2) is 24.3 Å². The van der Waals surface area contributed by atoms with E-state index in [9.17, 15) is 5.11 Å². The first-order valence-corrected chi connectivity index (χ1v) is 5.66. The minimum absolute atomic E-state index is 0.258. The number of phenols is 1. The Balaban J connectivity index is 2.70. The highest BCUT2D eigenvalue weighted by molar-refractivity contribution is 5.34. The molecule has 1 aromatic rings. The number of nitrogens with one attached hydrogen (secondary N) is 1. The number of phenolic OH excluding ortho intramolecular Hbond substituents is 1. The van der Waals surface area contributed by atoms with E-state index in [4.69, 9.17) is 0 Å². The van der Waals surface area contributed by atoms with Crippen LogP contribution in [0.25, 0.3) is 0 Å². The van der Waals surface area contributed by atoms with Crippen molar-refractivity contribution >= 4 is 0 Å². The molecule has 2 N–H and O–H groups in total. The van der Waals surface area contributed by atoms with Crippen molar-refractivity contribution in [1.29, 1.82) is 0 Å². The van der Waals surface area contributed by atoms with Crippen molar-refractivity contribution < 1.29 is 5.11 Å². The third-order valence-electron chi connectivity index (χ3n) is 2.49. The Bertz CT molecular complexity index is 296. The second-order valence-corrected chi connectivity index (χ2v) is 4.32. The van der Waals surface area contributed by atoms with Crippen molar-refractivity contribution in [2.45, 2.75) is 33.2 Å². The van der Waals surface area contributed by atoms with E-state index in [-0.39, 0.29) is 6.04 Å². The lowest BCUT2D eigenvalue weighted by molar-refractivity contribution is 0.426. The molecule has 1 aromatic carbocycles. The van der Waals surface area contributed by atoms with E-state index in [0.717, 1.165) is 18.5 Å². The van der Waals surface area contributed by atoms with Gasteiger partial charge in [-0.25, -0.2) is 0 Å². The molecule has 2 nitrogen and oxygen atoms in total. The molecular formula is C13H21NO. The lowest BCUT2D eigenvalue weighted by Gasteiger charge is -2.19. The predicted octanol–water partition coefficient (Wildman–Crippen LogP) is 3.09. The zero-order valence-corrected chi connectivity index (χ0v) is 9.83. The lowest BCUT2D eigenvalue weighted by Crippen LogP contribution is -2.24. The zero-order valence-electron chi connectivity index (χ0n) is 9.83. The summed E-state index contributed by atoms with van der Waals surface area (Å²) in [5.74, 6) is 1.02. The molecule has 0 aliphatic heterocycles. The molecule has 0 saturated carbocycles. The highest BCUT2D eigenvalue weighted by Crippen LogP contribution is 2.25. The first kappa shape index (κ1) is 12.1. The van der Waals surface area contributed by atoms with Gasteiger partial charge < -0.3 is 10.4 Å². The summed E-state index contributed by atoms with van der Waals surface area (Å²) in [6, 6.07) is 7.81. The van der Waals surface area contributed by atoms with Crippen molar-refractivity contribution in [1.82, 2.24) is 5.32 Å². The van der Waals surface area contributed by atoms with Gasteiger partial charge in [0.25, 0.3) is 0 Å². The Morgan fingerprint density at radius 2 is 1.93 bits per heavy atom. The van der Waals surface area contributed by atoms with Crippen molar-refractivity contribution in [3.8, 4) is 5.75 Å². The molecule has 0 amide bonds. The quantitative estimate of drug-likeness (QED) is 0.777. The van der Waals surface area contributed by atoms with Crippen molar-refractivity contribution in [2.24, 2.45) is 5.92 Å². The average molecular weight is 207 g/mol. The van der Waals surface area contributed by atoms with Gasteiger partial charge in [0.2, 0.25) is 0 Å². The Labute approximate surface area is 92.3 Å². The molecule has 2 heteroatoms. The van der Waals surface area contributed by atoms with E-state index < -0.39 is 0 Å². The molecule has 15 heavy (non-hydrogen) atoms. The van der Waals surface area contributed by atoms with E-state index in [1.54, 1.807) is 6.07 Å². The second-order valence-electron chi connectivity index (χ2n) is 4.32. The van der Waals surface area contributed by atoms with Crippen LogP contribution in [-0.4, -0.2) is 11.7 Å². The van der Waals surface area contributed by atoms with Gasteiger partial charge in [-0.05, 0) is 24.9 Å². The molecule has 0 saturated heterocycles. The van der Waals surface area contributed by atoms with Gasteiger partial charge in [0.1, 0.15) is 5.75 Å². The smallest absolute Gasteiger partial charge is 0.120 e. The minimum Gasteiger partial charge on any atom is -0.508 e. The van der Waals surface area contributed by atoms with Crippen LogP contribution in [0.5, 0.6) is 5.75 Å². The van der Waals surface area contributed by atoms with Crippen LogP contribution in [0.2, 0.25) is 0 Å². The zero-order chi connectivity index (χ0) is 11.3. The third kappa shape index (κ3) is 3.56. The molecule has 0 fully saturated rings. The number of benzene rings is 1. The largest absolute Gasteiger partial charge is 0.508 e. The molecule has 1 rings (SSSR count). The first-order chi connectivity index (χ1) is 7.15. The van der Waals surface area contributed by atoms with Crippen LogP contribution in [0.3, 0.4) is 0 Å². The minimum atomic E-state index is 0.258. The summed E-state index contributed by atoms with van der Waals surface area (Å²) >= 11 is 0. The highest BCUT2D eigenvalue weighted by Gasteiger charge is 2.12. The van der Waals surface area contributed by atoms with Crippen LogP contribution in [0.1, 0.15) is 38.8 Å². The van der Waals surface area contributed by atoms with E-state index in [0.29, 0.717) is 11.7 Å². The molecule has 0 bridgehead atoms. The van der Waals surface area contributed by atoms with Crippen LogP contribution in [0.4, 0.5) is 0 Å². The SMILES string of the molecule is CC[C@@H](NCC(C)C)c1ccccc1O. The molecule has 0 radical (unpaired) electrons. The maximum atomic E-state index is 9.74. The van der Waals surface area contributed by atoms with E-state index in [1.807, 2.05) is 18.2 Å². The molecule has 0 spiro atoms. The monoisotopic (exact) mass is 207 g/mol. The topological polar surface area (TPSA) is 32.3 Å². The fourth-order valence-electron chi connectivity index (χ4n) is 1.63. The van der Waals surface area contributed by atoms with Crippen LogP contribution in [0, 0.1) is 5.92 Å². The van der Waals surface area contributed by atoms with Gasteiger partial charge in [-0.3, -0.25) is 0 Å². The lowest BCUT2D eigenvalue weighted by atomic mass is 10.0. The van der Waals surface area contributed by atoms with Gasteiger partial charge in [0.05, 0.1) is 0 Å². The van der Waals surface area contributed by atoms with E-state index in [2.05, 4.69) is 26.1 Å². The number of para-hydroxylation sites is 1. The normalized spacial score (nSPS) is 13.1. The summed E-state index contributed by atoms with van der Waals surface area (Å²) < 4.78 is 0. The average Bonchev–Trinajstić information content (AvgIpc) is 2.21. The molecule has 84 valence electrons. The molecular weight excluding hydrogens is 186 g/mol. The van der Waals surface area contributed by atoms with Crippen molar-refractivity contribution in [2.75, 3.05) is 6.54 Å². The van der Waals surface area contributed by atoms with Gasteiger partial charge in [-0.2, -0.15) is 0 Å². The van der Waals surface area contributed by atoms with Crippen LogP contribution < -0.4 is 5.32 Å². The summed E-state index contributed by atoms with van der Waals surface area (Å²) in [7, 11) is 0. The second kappa shape index (κ2) is 5.76. The van der Waals surface area contributed by atoms with Gasteiger partial charge >= 0.3 is 0 Å². The standard InChI is InChI=1S/C13H21NO/c1-4-12(14-9-10(2)3)11-7-5-6-8-13(11)15/h5-8,10,12,14-15H,4,9H2,1-3H3/t12-/m1/s1. The summed E-state index contributed by atoms with van der Waals surface area (Å²) in [5, 5.41) is 13.2. The maximum absolute atomic E-state index is 9.74. The van der Waals surface area contributed by atoms with Crippen LogP contribution in [-0.2, 0) is 0 Å². The van der Waals surface area contributed by atoms with Crippen LogP contribution >= 0.6 is 0 Å². The number of hydrogen-bond acceptors (Lipinski definition) is 2. The highest BCUT2D eigenvalue weighted by atomic mass is 16.3. The molecule has 1 atom stereocenters. The number of rotatable bonds is 5. The molecule has 0 aromatic heterocycles. The molecule has 0 aliphatic rings. The number of aromatic hydroxyl groups is 1. The summed E-state index contributed by atoms with van der Waals surface area (Å²) in [4.78, 5) is 0. The maximum Gasteiger partial charge on any atom is 0.120 e. The Morgan fingerprint density at radius 3 is 2.47 bits per heavy atom.